The van der Waals surface area contributed by atoms with Crippen molar-refractivity contribution in [1.29, 1.82) is 0 Å². The number of hydrogen-bond donors (Lipinski definition) is 0. The lowest BCUT2D eigenvalue weighted by Crippen LogP contribution is -2.59. The summed E-state index contributed by atoms with van der Waals surface area (Å²) in [6, 6.07) is 43.2. The predicted octanol–water partition coefficient (Wildman–Crippen LogP) is 7.66. The summed E-state index contributed by atoms with van der Waals surface area (Å²) in [5, 5.41) is 2.62. The summed E-state index contributed by atoms with van der Waals surface area (Å²) in [4.78, 5) is 0. The zero-order valence-corrected chi connectivity index (χ0v) is 24.4. The second-order valence-corrected chi connectivity index (χ2v) is 13.2. The number of hydrogen-bond acceptors (Lipinski definition) is 0. The van der Waals surface area contributed by atoms with Crippen LogP contribution in [-0.4, -0.2) is 15.8 Å². The number of nitrogens with zero attached hydrogens (tertiary/aromatic N) is 2. The van der Waals surface area contributed by atoms with E-state index in [0.29, 0.717) is 0 Å². The molecule has 0 unspecified atom stereocenters. The first-order valence-electron chi connectivity index (χ1n) is 15.0. The van der Waals surface area contributed by atoms with E-state index in [2.05, 4.69) is 152 Å². The van der Waals surface area contributed by atoms with E-state index < -0.39 is 0 Å². The van der Waals surface area contributed by atoms with Gasteiger partial charge in [-0.3, -0.25) is 0 Å². The molecule has 3 heteroatoms. The molecule has 2 aliphatic heterocycles. The van der Waals surface area contributed by atoms with Crippen molar-refractivity contribution in [2.45, 2.75) is 33.1 Å². The Morgan fingerprint density at radius 1 is 0.548 bits per heavy atom. The van der Waals surface area contributed by atoms with Gasteiger partial charge < -0.3 is 9.13 Å². The summed E-state index contributed by atoms with van der Waals surface area (Å²) >= 11 is 0. The van der Waals surface area contributed by atoms with E-state index in [1.165, 1.54) is 83.2 Å². The number of aryl methyl sites for hydroxylation is 1. The summed E-state index contributed by atoms with van der Waals surface area (Å²) in [7, 11) is 0. The van der Waals surface area contributed by atoms with Gasteiger partial charge in [-0.25, -0.2) is 0 Å². The van der Waals surface area contributed by atoms with Crippen molar-refractivity contribution in [1.82, 2.24) is 9.13 Å². The summed E-state index contributed by atoms with van der Waals surface area (Å²) in [6.07, 6.45) is 0. The summed E-state index contributed by atoms with van der Waals surface area (Å²) in [6.45, 7) is 9.42. The zero-order valence-electron chi connectivity index (χ0n) is 24.4. The van der Waals surface area contributed by atoms with Gasteiger partial charge in [-0.05, 0) is 81.3 Å². The molecule has 0 amide bonds. The van der Waals surface area contributed by atoms with Crippen molar-refractivity contribution in [2.75, 3.05) is 0 Å². The van der Waals surface area contributed by atoms with Crippen LogP contribution in [0.3, 0.4) is 0 Å². The fourth-order valence-electron chi connectivity index (χ4n) is 7.60. The Morgan fingerprint density at radius 3 is 1.71 bits per heavy atom. The molecule has 0 aliphatic carbocycles. The minimum atomic E-state index is 0.0391. The van der Waals surface area contributed by atoms with E-state index in [-0.39, 0.29) is 12.1 Å². The fourth-order valence-corrected chi connectivity index (χ4v) is 7.60. The molecule has 0 spiro atoms. The highest BCUT2D eigenvalue weighted by molar-refractivity contribution is 7.00. The van der Waals surface area contributed by atoms with Crippen molar-refractivity contribution >= 4 is 44.9 Å². The van der Waals surface area contributed by atoms with Crippen molar-refractivity contribution in [2.24, 2.45) is 0 Å². The molecule has 0 bridgehead atoms. The summed E-state index contributed by atoms with van der Waals surface area (Å²) in [5.74, 6) is 0. The van der Waals surface area contributed by atoms with Gasteiger partial charge in [0, 0.05) is 33.2 Å². The second-order valence-electron chi connectivity index (χ2n) is 13.2. The molecule has 5 aromatic carbocycles. The van der Waals surface area contributed by atoms with Crippen LogP contribution in [0.5, 0.6) is 0 Å². The first-order chi connectivity index (χ1) is 20.4. The molecule has 2 aromatic heterocycles. The van der Waals surface area contributed by atoms with Gasteiger partial charge in [0.15, 0.2) is 0 Å². The first kappa shape index (κ1) is 23.9. The zero-order chi connectivity index (χ0) is 28.3. The lowest BCUT2D eigenvalue weighted by Gasteiger charge is -2.35. The maximum absolute atomic E-state index is 2.56. The summed E-state index contributed by atoms with van der Waals surface area (Å²) in [5.41, 5.74) is 17.2. The van der Waals surface area contributed by atoms with E-state index in [1.54, 1.807) is 0 Å². The van der Waals surface area contributed by atoms with Gasteiger partial charge in [0.2, 0.25) is 0 Å². The van der Waals surface area contributed by atoms with Gasteiger partial charge in [-0.1, -0.05) is 106 Å². The maximum Gasteiger partial charge on any atom is 0.252 e. The summed E-state index contributed by atoms with van der Waals surface area (Å²) < 4.78 is 5.11. The van der Waals surface area contributed by atoms with Gasteiger partial charge in [-0.2, -0.15) is 0 Å². The Kier molecular flexibility index (Phi) is 4.65. The predicted molar refractivity (Wildman–Crippen MR) is 179 cm³/mol. The molecule has 0 atom stereocenters. The Balaban J connectivity index is 1.48. The molecule has 7 aromatic rings. The number of benzene rings is 5. The Bertz CT molecular complexity index is 2230. The van der Waals surface area contributed by atoms with Crippen LogP contribution in [0, 0.1) is 6.92 Å². The van der Waals surface area contributed by atoms with Crippen LogP contribution in [0.1, 0.15) is 31.9 Å². The number of para-hydroxylation sites is 1. The average molecular weight is 539 g/mol. The van der Waals surface area contributed by atoms with Gasteiger partial charge in [0.1, 0.15) is 0 Å². The first-order valence-corrected chi connectivity index (χ1v) is 15.0. The molecule has 0 N–H and O–H groups in total. The molecule has 4 heterocycles. The minimum Gasteiger partial charge on any atom is -0.310 e. The molecule has 0 fully saturated rings. The second kappa shape index (κ2) is 8.17. The van der Waals surface area contributed by atoms with Crippen molar-refractivity contribution in [3.05, 3.63) is 126 Å². The molecule has 0 radical (unpaired) electrons. The van der Waals surface area contributed by atoms with Gasteiger partial charge in [-0.15, -0.1) is 0 Å². The number of fused-ring (bicyclic) bond motifs is 4. The van der Waals surface area contributed by atoms with Crippen LogP contribution in [0.15, 0.2) is 115 Å². The highest BCUT2D eigenvalue weighted by atomic mass is 15.0. The van der Waals surface area contributed by atoms with Crippen LogP contribution in [0.25, 0.3) is 55.7 Å². The third kappa shape index (κ3) is 3.11. The Hall–Kier alpha value is -4.76. The average Bonchev–Trinajstić information content (AvgIpc) is 3.58. The standard InChI is InChI=1S/C39H31BN2/c1-24-18-34-36-35(19-24)42-33(26-14-9-6-10-15-26)22-28-20-29(39(2,3)4)23-31(38(28)42)40(36)30-17-11-16-27-21-32(41(34)37(27)30)25-12-7-5-8-13-25/h5-23H,1-4H3. The van der Waals surface area contributed by atoms with Crippen LogP contribution >= 0.6 is 0 Å². The van der Waals surface area contributed by atoms with Crippen LogP contribution < -0.4 is 16.4 Å². The van der Waals surface area contributed by atoms with E-state index in [9.17, 15) is 0 Å². The molecule has 2 aliphatic rings. The van der Waals surface area contributed by atoms with Gasteiger partial charge >= 0.3 is 0 Å². The molecule has 0 saturated carbocycles. The molecular weight excluding hydrogens is 507 g/mol. The Morgan fingerprint density at radius 2 is 1.12 bits per heavy atom. The SMILES string of the molecule is Cc1cc2c3c(c1)-n1c(-c4ccccc4)cc4cc(C(C)(C)C)cc(c41)B3c1cccc3cc(-c4ccccc4)n-2c13. The number of rotatable bonds is 2. The normalized spacial score (nSPS) is 13.2. The largest absolute Gasteiger partial charge is 0.310 e. The molecule has 2 nitrogen and oxygen atoms in total. The minimum absolute atomic E-state index is 0.0391. The molecular formula is C39H31BN2. The lowest BCUT2D eigenvalue weighted by atomic mass is 9.34. The smallest absolute Gasteiger partial charge is 0.252 e. The topological polar surface area (TPSA) is 9.86 Å². The maximum atomic E-state index is 2.56. The molecule has 200 valence electrons. The Labute approximate surface area is 246 Å². The molecule has 42 heavy (non-hydrogen) atoms. The van der Waals surface area contributed by atoms with Gasteiger partial charge in [0.25, 0.3) is 6.71 Å². The van der Waals surface area contributed by atoms with E-state index in [0.717, 1.165) is 0 Å². The molecule has 9 rings (SSSR count). The van der Waals surface area contributed by atoms with E-state index >= 15 is 0 Å². The van der Waals surface area contributed by atoms with Crippen LogP contribution in [-0.2, 0) is 5.41 Å². The third-order valence-corrected chi connectivity index (χ3v) is 9.46. The highest BCUT2D eigenvalue weighted by Gasteiger charge is 2.41. The van der Waals surface area contributed by atoms with Crippen LogP contribution in [0.2, 0.25) is 0 Å². The monoisotopic (exact) mass is 538 g/mol. The van der Waals surface area contributed by atoms with Crippen molar-refractivity contribution in [3.8, 4) is 33.9 Å². The van der Waals surface area contributed by atoms with Crippen molar-refractivity contribution < 1.29 is 0 Å². The van der Waals surface area contributed by atoms with E-state index in [4.69, 9.17) is 0 Å². The quantitative estimate of drug-likeness (QED) is 0.200. The number of aromatic nitrogens is 2. The fraction of sp³-hybridized carbons (Fsp3) is 0.128. The van der Waals surface area contributed by atoms with E-state index in [1.807, 2.05) is 0 Å². The van der Waals surface area contributed by atoms with Crippen LogP contribution in [0.4, 0.5) is 0 Å². The lowest BCUT2D eigenvalue weighted by molar-refractivity contribution is 0.591. The van der Waals surface area contributed by atoms with Crippen molar-refractivity contribution in [3.63, 3.8) is 0 Å². The van der Waals surface area contributed by atoms with Gasteiger partial charge in [0.05, 0.1) is 11.4 Å². The highest BCUT2D eigenvalue weighted by Crippen LogP contribution is 2.40. The molecule has 0 saturated heterocycles. The third-order valence-electron chi connectivity index (χ3n) is 9.46.